The van der Waals surface area contributed by atoms with Crippen molar-refractivity contribution >= 4 is 49.6 Å². The SMILES string of the molecule is CCc1nn(C)c(CSc2ccc(Br)c(C(=O)O)c2)c1Br. The highest BCUT2D eigenvalue weighted by atomic mass is 79.9. The molecule has 0 radical (unpaired) electrons. The lowest BCUT2D eigenvalue weighted by Crippen LogP contribution is -1.99. The Bertz CT molecular complexity index is 686. The normalized spacial score (nSPS) is 10.9. The van der Waals surface area contributed by atoms with E-state index in [1.54, 1.807) is 23.9 Å². The third-order valence-electron chi connectivity index (χ3n) is 3.05. The van der Waals surface area contributed by atoms with E-state index in [9.17, 15) is 4.79 Å². The summed E-state index contributed by atoms with van der Waals surface area (Å²) >= 11 is 8.43. The summed E-state index contributed by atoms with van der Waals surface area (Å²) in [5.74, 6) is -0.204. The van der Waals surface area contributed by atoms with Gasteiger partial charge in [0.05, 0.1) is 21.4 Å². The molecule has 0 fully saturated rings. The molecule has 0 bridgehead atoms. The number of carboxylic acids is 1. The number of carboxylic acid groups (broad SMARTS) is 1. The Morgan fingerprint density at radius 1 is 1.43 bits per heavy atom. The number of halogens is 2. The topological polar surface area (TPSA) is 55.1 Å². The van der Waals surface area contributed by atoms with Crippen molar-refractivity contribution in [3.8, 4) is 0 Å². The van der Waals surface area contributed by atoms with Gasteiger partial charge in [0.15, 0.2) is 0 Å². The summed E-state index contributed by atoms with van der Waals surface area (Å²) in [6.45, 7) is 2.07. The molecule has 0 aliphatic rings. The highest BCUT2D eigenvalue weighted by Gasteiger charge is 2.14. The molecule has 0 atom stereocenters. The molecule has 21 heavy (non-hydrogen) atoms. The Balaban J connectivity index is 2.19. The van der Waals surface area contributed by atoms with Crippen molar-refractivity contribution < 1.29 is 9.90 Å². The van der Waals surface area contributed by atoms with Gasteiger partial charge < -0.3 is 5.11 Å². The van der Waals surface area contributed by atoms with Gasteiger partial charge in [0.2, 0.25) is 0 Å². The first-order valence-electron chi connectivity index (χ1n) is 6.30. The van der Waals surface area contributed by atoms with Gasteiger partial charge in [0, 0.05) is 22.2 Å². The van der Waals surface area contributed by atoms with Gasteiger partial charge in [-0.3, -0.25) is 4.68 Å². The molecule has 0 spiro atoms. The second kappa shape index (κ2) is 6.98. The van der Waals surface area contributed by atoms with Gasteiger partial charge in [0.25, 0.3) is 0 Å². The van der Waals surface area contributed by atoms with Crippen LogP contribution in [-0.2, 0) is 19.2 Å². The van der Waals surface area contributed by atoms with Crippen LogP contribution >= 0.6 is 43.6 Å². The minimum absolute atomic E-state index is 0.276. The zero-order valence-electron chi connectivity index (χ0n) is 11.6. The van der Waals surface area contributed by atoms with Crippen molar-refractivity contribution in [1.82, 2.24) is 9.78 Å². The fraction of sp³-hybridized carbons (Fsp3) is 0.286. The average Bonchev–Trinajstić information content (AvgIpc) is 2.72. The van der Waals surface area contributed by atoms with Crippen LogP contribution in [-0.4, -0.2) is 20.9 Å². The quantitative estimate of drug-likeness (QED) is 0.705. The Morgan fingerprint density at radius 2 is 2.14 bits per heavy atom. The Morgan fingerprint density at radius 3 is 2.71 bits per heavy atom. The van der Waals surface area contributed by atoms with E-state index in [1.165, 1.54) is 0 Å². The lowest BCUT2D eigenvalue weighted by atomic mass is 10.2. The largest absolute Gasteiger partial charge is 0.478 e. The number of aryl methyl sites for hydroxylation is 2. The van der Waals surface area contributed by atoms with E-state index < -0.39 is 5.97 Å². The van der Waals surface area contributed by atoms with Crippen molar-refractivity contribution in [3.63, 3.8) is 0 Å². The summed E-state index contributed by atoms with van der Waals surface area (Å²) in [5.41, 5.74) is 2.41. The molecule has 0 aliphatic heterocycles. The van der Waals surface area contributed by atoms with Crippen molar-refractivity contribution in [1.29, 1.82) is 0 Å². The number of nitrogens with zero attached hydrogens (tertiary/aromatic N) is 2. The van der Waals surface area contributed by atoms with Crippen LogP contribution in [0, 0.1) is 0 Å². The van der Waals surface area contributed by atoms with Crippen molar-refractivity contribution in [2.75, 3.05) is 0 Å². The average molecular weight is 434 g/mol. The molecule has 0 amide bonds. The number of thioether (sulfide) groups is 1. The van der Waals surface area contributed by atoms with E-state index >= 15 is 0 Å². The van der Waals surface area contributed by atoms with Crippen molar-refractivity contribution in [2.24, 2.45) is 7.05 Å². The molecule has 1 N–H and O–H groups in total. The first-order chi connectivity index (χ1) is 9.93. The second-order valence-corrected chi connectivity index (χ2v) is 7.12. The maximum absolute atomic E-state index is 11.1. The van der Waals surface area contributed by atoms with E-state index in [2.05, 4.69) is 43.9 Å². The van der Waals surface area contributed by atoms with Crippen LogP contribution < -0.4 is 0 Å². The highest BCUT2D eigenvalue weighted by molar-refractivity contribution is 9.10. The van der Waals surface area contributed by atoms with E-state index in [0.717, 1.165) is 32.9 Å². The summed E-state index contributed by atoms with van der Waals surface area (Å²) in [7, 11) is 1.92. The molecule has 1 heterocycles. The Labute approximate surface area is 144 Å². The van der Waals surface area contributed by atoms with Crippen molar-refractivity contribution in [3.05, 3.63) is 44.1 Å². The molecule has 1 aromatic heterocycles. The van der Waals surface area contributed by atoms with Gasteiger partial charge in [-0.15, -0.1) is 11.8 Å². The predicted molar refractivity (Wildman–Crippen MR) is 90.9 cm³/mol. The highest BCUT2D eigenvalue weighted by Crippen LogP contribution is 2.31. The summed E-state index contributed by atoms with van der Waals surface area (Å²) in [4.78, 5) is 12.1. The van der Waals surface area contributed by atoms with Gasteiger partial charge in [-0.05, 0) is 56.5 Å². The Kier molecular flexibility index (Phi) is 5.51. The number of hydrogen-bond acceptors (Lipinski definition) is 3. The van der Waals surface area contributed by atoms with Gasteiger partial charge in [-0.2, -0.15) is 5.10 Å². The fourth-order valence-electron chi connectivity index (χ4n) is 1.89. The minimum atomic E-state index is -0.931. The molecule has 0 aliphatic carbocycles. The lowest BCUT2D eigenvalue weighted by Gasteiger charge is -2.06. The van der Waals surface area contributed by atoms with E-state index in [-0.39, 0.29) is 5.56 Å². The minimum Gasteiger partial charge on any atom is -0.478 e. The van der Waals surface area contributed by atoms with Crippen LogP contribution in [0.1, 0.15) is 28.7 Å². The summed E-state index contributed by atoms with van der Waals surface area (Å²) in [6, 6.07) is 5.36. The number of aromatic nitrogens is 2. The zero-order chi connectivity index (χ0) is 15.6. The maximum atomic E-state index is 11.1. The molecule has 112 valence electrons. The zero-order valence-corrected chi connectivity index (χ0v) is 15.5. The Hall–Kier alpha value is -0.790. The van der Waals surface area contributed by atoms with Crippen molar-refractivity contribution in [2.45, 2.75) is 24.0 Å². The number of benzene rings is 1. The third-order valence-corrected chi connectivity index (χ3v) is 5.66. The number of rotatable bonds is 5. The second-order valence-electron chi connectivity index (χ2n) is 4.42. The van der Waals surface area contributed by atoms with Crippen LogP contribution in [0.4, 0.5) is 0 Å². The smallest absolute Gasteiger partial charge is 0.336 e. The summed E-state index contributed by atoms with van der Waals surface area (Å²) in [6.07, 6.45) is 0.876. The molecule has 0 saturated heterocycles. The molecule has 4 nitrogen and oxygen atoms in total. The standard InChI is InChI=1S/C14H14Br2N2O2S/c1-3-11-13(16)12(18(2)17-11)7-21-8-4-5-10(15)9(6-8)14(19)20/h4-6H,3,7H2,1-2H3,(H,19,20). The molecule has 2 aromatic rings. The number of carbonyl (C=O) groups is 1. The molecule has 1 aromatic carbocycles. The first kappa shape index (κ1) is 16.6. The van der Waals surface area contributed by atoms with Crippen LogP contribution in [0.5, 0.6) is 0 Å². The van der Waals surface area contributed by atoms with Gasteiger partial charge >= 0.3 is 5.97 Å². The first-order valence-corrected chi connectivity index (χ1v) is 8.87. The van der Waals surface area contributed by atoms with E-state index in [0.29, 0.717) is 4.47 Å². The molecule has 2 rings (SSSR count). The van der Waals surface area contributed by atoms with Crippen LogP contribution in [0.25, 0.3) is 0 Å². The van der Waals surface area contributed by atoms with Crippen LogP contribution in [0.15, 0.2) is 32.0 Å². The van der Waals surface area contributed by atoms with Gasteiger partial charge in [-0.25, -0.2) is 4.79 Å². The fourth-order valence-corrected chi connectivity index (χ4v) is 4.24. The summed E-state index contributed by atoms with van der Waals surface area (Å²) in [5, 5.41) is 13.6. The molecule has 7 heteroatoms. The van der Waals surface area contributed by atoms with Crippen LogP contribution in [0.2, 0.25) is 0 Å². The maximum Gasteiger partial charge on any atom is 0.336 e. The van der Waals surface area contributed by atoms with Gasteiger partial charge in [-0.1, -0.05) is 6.92 Å². The molecule has 0 unspecified atom stereocenters. The monoisotopic (exact) mass is 432 g/mol. The van der Waals surface area contributed by atoms with E-state index in [1.807, 2.05) is 17.8 Å². The molecule has 0 saturated carbocycles. The van der Waals surface area contributed by atoms with E-state index in [4.69, 9.17) is 5.11 Å². The summed E-state index contributed by atoms with van der Waals surface area (Å²) < 4.78 is 3.50. The number of aromatic carboxylic acids is 1. The predicted octanol–water partition coefficient (Wildman–Crippen LogP) is 4.50. The third kappa shape index (κ3) is 3.70. The number of hydrogen-bond donors (Lipinski definition) is 1. The molecular weight excluding hydrogens is 420 g/mol. The molecular formula is C14H14Br2N2O2S. The van der Waals surface area contributed by atoms with Gasteiger partial charge in [0.1, 0.15) is 0 Å². The van der Waals surface area contributed by atoms with Crippen LogP contribution in [0.3, 0.4) is 0 Å². The lowest BCUT2D eigenvalue weighted by molar-refractivity contribution is 0.0695.